The number of amides is 1. The largest absolute Gasteiger partial charge is 0.497 e. The summed E-state index contributed by atoms with van der Waals surface area (Å²) in [5, 5.41) is 0.522. The second kappa shape index (κ2) is 9.26. The van der Waals surface area contributed by atoms with Crippen LogP contribution in [0.1, 0.15) is 25.2 Å². The van der Waals surface area contributed by atoms with Gasteiger partial charge in [-0.05, 0) is 50.3 Å². The zero-order valence-corrected chi connectivity index (χ0v) is 17.5. The predicted molar refractivity (Wildman–Crippen MR) is 117 cm³/mol. The van der Waals surface area contributed by atoms with Crippen molar-refractivity contribution in [3.05, 3.63) is 70.3 Å². The van der Waals surface area contributed by atoms with Gasteiger partial charge in [0.05, 0.1) is 31.7 Å². The average molecular weight is 407 g/mol. The van der Waals surface area contributed by atoms with Crippen LogP contribution in [-0.2, 0) is 11.3 Å². The van der Waals surface area contributed by atoms with Gasteiger partial charge in [0.15, 0.2) is 0 Å². The number of carbonyl (C=O) groups is 1. The maximum absolute atomic E-state index is 12.9. The minimum absolute atomic E-state index is 0.0915. The van der Waals surface area contributed by atoms with Crippen LogP contribution in [0.2, 0.25) is 0 Å². The third-order valence-corrected chi connectivity index (χ3v) is 4.73. The van der Waals surface area contributed by atoms with E-state index >= 15 is 0 Å². The molecule has 3 aromatic rings. The maximum atomic E-state index is 12.9. The molecule has 0 aliphatic rings. The normalized spacial score (nSPS) is 11.2. The molecule has 1 N–H and O–H groups in total. The molecule has 0 bridgehead atoms. The van der Waals surface area contributed by atoms with Crippen LogP contribution >= 0.6 is 0 Å². The number of methoxy groups -OCH3 is 2. The first-order valence-corrected chi connectivity index (χ1v) is 9.61. The minimum Gasteiger partial charge on any atom is -0.497 e. The lowest BCUT2D eigenvalue weighted by Crippen LogP contribution is -2.36. The number of fused-ring (bicyclic) bond motifs is 1. The molecule has 0 aliphatic heterocycles. The molecule has 1 amide bonds. The quantitative estimate of drug-likeness (QED) is 0.607. The van der Waals surface area contributed by atoms with Crippen LogP contribution in [-0.4, -0.2) is 41.0 Å². The van der Waals surface area contributed by atoms with Gasteiger partial charge in [-0.1, -0.05) is 12.1 Å². The van der Waals surface area contributed by atoms with E-state index in [4.69, 9.17) is 9.47 Å². The van der Waals surface area contributed by atoms with E-state index < -0.39 is 0 Å². The van der Waals surface area contributed by atoms with Crippen LogP contribution in [0.15, 0.2) is 53.3 Å². The van der Waals surface area contributed by atoms with Crippen molar-refractivity contribution in [2.75, 3.05) is 14.2 Å². The molecule has 0 radical (unpaired) electrons. The number of H-pyrrole nitrogens is 1. The van der Waals surface area contributed by atoms with Gasteiger partial charge in [0.1, 0.15) is 17.3 Å². The van der Waals surface area contributed by atoms with Crippen molar-refractivity contribution in [3.8, 4) is 11.5 Å². The highest BCUT2D eigenvalue weighted by molar-refractivity contribution is 5.92. The van der Waals surface area contributed by atoms with Crippen LogP contribution in [0.25, 0.3) is 17.0 Å². The zero-order chi connectivity index (χ0) is 21.7. The fourth-order valence-corrected chi connectivity index (χ4v) is 3.11. The Kier molecular flexibility index (Phi) is 6.51. The first-order chi connectivity index (χ1) is 14.4. The van der Waals surface area contributed by atoms with Gasteiger partial charge in [-0.25, -0.2) is 4.98 Å². The summed E-state index contributed by atoms with van der Waals surface area (Å²) < 4.78 is 10.6. The van der Waals surface area contributed by atoms with Gasteiger partial charge < -0.3 is 19.4 Å². The van der Waals surface area contributed by atoms with Crippen LogP contribution in [0, 0.1) is 0 Å². The Morgan fingerprint density at radius 2 is 1.93 bits per heavy atom. The molecule has 0 unspecified atom stereocenters. The molecule has 7 heteroatoms. The fraction of sp³-hybridized carbons (Fsp3) is 0.261. The summed E-state index contributed by atoms with van der Waals surface area (Å²) in [6.45, 7) is 4.02. The summed E-state index contributed by atoms with van der Waals surface area (Å²) in [7, 11) is 3.15. The molecular formula is C23H25N3O4. The van der Waals surface area contributed by atoms with Crippen LogP contribution in [0.3, 0.4) is 0 Å². The van der Waals surface area contributed by atoms with Crippen molar-refractivity contribution in [2.45, 2.75) is 26.4 Å². The first-order valence-electron chi connectivity index (χ1n) is 9.61. The highest BCUT2D eigenvalue weighted by atomic mass is 16.5. The predicted octanol–water partition coefficient (Wildman–Crippen LogP) is 3.39. The molecule has 7 nitrogen and oxygen atoms in total. The highest BCUT2D eigenvalue weighted by Gasteiger charge is 2.17. The Bertz CT molecular complexity index is 1130. The van der Waals surface area contributed by atoms with Crippen molar-refractivity contribution in [2.24, 2.45) is 0 Å². The Labute approximate surface area is 175 Å². The van der Waals surface area contributed by atoms with E-state index in [1.54, 1.807) is 61.6 Å². The monoisotopic (exact) mass is 407 g/mol. The molecule has 0 saturated carbocycles. The third-order valence-electron chi connectivity index (χ3n) is 4.73. The number of carbonyl (C=O) groups excluding carboxylic acids is 1. The molecule has 3 rings (SSSR count). The highest BCUT2D eigenvalue weighted by Crippen LogP contribution is 2.25. The van der Waals surface area contributed by atoms with E-state index in [9.17, 15) is 9.59 Å². The zero-order valence-electron chi connectivity index (χ0n) is 17.5. The molecule has 156 valence electrons. The van der Waals surface area contributed by atoms with E-state index in [1.807, 2.05) is 19.9 Å². The van der Waals surface area contributed by atoms with Crippen molar-refractivity contribution in [3.63, 3.8) is 0 Å². The minimum atomic E-state index is -0.219. The third kappa shape index (κ3) is 4.68. The van der Waals surface area contributed by atoms with Crippen LogP contribution in [0.4, 0.5) is 0 Å². The molecule has 0 atom stereocenters. The molecule has 1 aromatic heterocycles. The van der Waals surface area contributed by atoms with E-state index in [0.29, 0.717) is 28.2 Å². The lowest BCUT2D eigenvalue weighted by atomic mass is 10.1. The lowest BCUT2D eigenvalue weighted by Gasteiger charge is -2.25. The second-order valence-electron chi connectivity index (χ2n) is 7.03. The first kappa shape index (κ1) is 21.1. The fourth-order valence-electron chi connectivity index (χ4n) is 3.11. The smallest absolute Gasteiger partial charge is 0.258 e. The summed E-state index contributed by atoms with van der Waals surface area (Å²) in [5.41, 5.74) is 1.11. The summed E-state index contributed by atoms with van der Waals surface area (Å²) in [4.78, 5) is 34.1. The van der Waals surface area contributed by atoms with Crippen molar-refractivity contribution < 1.29 is 14.3 Å². The number of nitrogens with one attached hydrogen (secondary N) is 1. The molecule has 1 heterocycles. The van der Waals surface area contributed by atoms with Crippen molar-refractivity contribution in [1.29, 1.82) is 0 Å². The Morgan fingerprint density at radius 1 is 1.17 bits per heavy atom. The van der Waals surface area contributed by atoms with Crippen molar-refractivity contribution >= 4 is 22.9 Å². The number of benzene rings is 2. The van der Waals surface area contributed by atoms with Gasteiger partial charge in [-0.3, -0.25) is 9.59 Å². The summed E-state index contributed by atoms with van der Waals surface area (Å²) >= 11 is 0. The molecule has 0 spiro atoms. The van der Waals surface area contributed by atoms with E-state index in [1.165, 1.54) is 6.08 Å². The molecule has 0 fully saturated rings. The number of hydrogen-bond donors (Lipinski definition) is 1. The molecule has 0 aliphatic carbocycles. The van der Waals surface area contributed by atoms with Gasteiger partial charge >= 0.3 is 0 Å². The van der Waals surface area contributed by atoms with E-state index in [-0.39, 0.29) is 24.1 Å². The lowest BCUT2D eigenvalue weighted by molar-refractivity contribution is -0.128. The topological polar surface area (TPSA) is 84.5 Å². The Balaban J connectivity index is 1.86. The number of aromatic amines is 1. The van der Waals surface area contributed by atoms with Crippen molar-refractivity contribution in [1.82, 2.24) is 14.9 Å². The van der Waals surface area contributed by atoms with E-state index in [2.05, 4.69) is 9.97 Å². The van der Waals surface area contributed by atoms with Gasteiger partial charge in [0, 0.05) is 17.7 Å². The number of aromatic nitrogens is 2. The summed E-state index contributed by atoms with van der Waals surface area (Å²) in [6.07, 6.45) is 3.17. The van der Waals surface area contributed by atoms with Crippen LogP contribution in [0.5, 0.6) is 11.5 Å². The Morgan fingerprint density at radius 3 is 2.63 bits per heavy atom. The average Bonchev–Trinajstić information content (AvgIpc) is 2.75. The summed E-state index contributed by atoms with van der Waals surface area (Å²) in [5.74, 6) is 1.54. The number of rotatable bonds is 7. The standard InChI is InChI=1S/C23H25N3O4/c1-15(2)26(14-21-24-19-8-6-5-7-18(19)23(28)25-21)22(27)12-9-16-13-17(29-3)10-11-20(16)30-4/h5-13,15H,14H2,1-4H3,(H,24,25,28)/b12-9+. The van der Waals surface area contributed by atoms with Gasteiger partial charge in [0.25, 0.3) is 5.56 Å². The van der Waals surface area contributed by atoms with Gasteiger partial charge in [-0.2, -0.15) is 0 Å². The number of ether oxygens (including phenoxy) is 2. The molecule has 30 heavy (non-hydrogen) atoms. The maximum Gasteiger partial charge on any atom is 0.258 e. The SMILES string of the molecule is COc1ccc(OC)c(/C=C/C(=O)N(Cc2nc3ccccc3c(=O)[nH]2)C(C)C)c1. The second-order valence-corrected chi connectivity index (χ2v) is 7.03. The number of para-hydroxylation sites is 1. The van der Waals surface area contributed by atoms with Gasteiger partial charge in [0.2, 0.25) is 5.91 Å². The molecule has 0 saturated heterocycles. The molecule has 2 aromatic carbocycles. The number of hydrogen-bond acceptors (Lipinski definition) is 5. The van der Waals surface area contributed by atoms with Crippen LogP contribution < -0.4 is 15.0 Å². The molecular weight excluding hydrogens is 382 g/mol. The number of nitrogens with zero attached hydrogens (tertiary/aromatic N) is 2. The van der Waals surface area contributed by atoms with Gasteiger partial charge in [-0.15, -0.1) is 0 Å². The van der Waals surface area contributed by atoms with E-state index in [0.717, 1.165) is 5.56 Å². The Hall–Kier alpha value is -3.61. The summed E-state index contributed by atoms with van der Waals surface area (Å²) in [6, 6.07) is 12.4.